The second-order valence-corrected chi connectivity index (χ2v) is 10.6. The Morgan fingerprint density at radius 3 is 2.57 bits per heavy atom. The predicted molar refractivity (Wildman–Crippen MR) is 136 cm³/mol. The number of imidazole rings is 1. The van der Waals surface area contributed by atoms with Crippen molar-refractivity contribution >= 4 is 43.7 Å². The molecule has 0 saturated heterocycles. The molecule has 186 valence electrons. The van der Waals surface area contributed by atoms with E-state index in [1.54, 1.807) is 30.6 Å². The standard InChI is InChI=1S/C24H31N7O3S/c1-6-30(7-2)35(33,34)19-8-9-21-20(13-19)28-22(29(21)5)10-11-23(32)27-18-12-17-14-26-31(16(3)4)24(17)25-15-18/h8-9,12-16H,6-7,10-11H2,1-5H3,(H,27,32). The molecule has 35 heavy (non-hydrogen) atoms. The molecule has 0 radical (unpaired) electrons. The zero-order valence-corrected chi connectivity index (χ0v) is 21.5. The van der Waals surface area contributed by atoms with Crippen LogP contribution in [0.25, 0.3) is 22.1 Å². The second-order valence-electron chi connectivity index (χ2n) is 8.69. The summed E-state index contributed by atoms with van der Waals surface area (Å²) in [5, 5.41) is 8.11. The second kappa shape index (κ2) is 9.74. The maximum Gasteiger partial charge on any atom is 0.243 e. The van der Waals surface area contributed by atoms with E-state index < -0.39 is 10.0 Å². The Bertz CT molecular complexity index is 1480. The van der Waals surface area contributed by atoms with E-state index in [1.807, 2.05) is 50.1 Å². The van der Waals surface area contributed by atoms with Gasteiger partial charge in [-0.05, 0) is 38.1 Å². The number of aromatic nitrogens is 5. The number of sulfonamides is 1. The number of hydrogen-bond acceptors (Lipinski definition) is 6. The smallest absolute Gasteiger partial charge is 0.243 e. The highest BCUT2D eigenvalue weighted by atomic mass is 32.2. The van der Waals surface area contributed by atoms with E-state index in [0.29, 0.717) is 36.5 Å². The third-order valence-corrected chi connectivity index (χ3v) is 8.12. The number of pyridine rings is 1. The minimum atomic E-state index is -3.57. The molecule has 4 aromatic rings. The zero-order chi connectivity index (χ0) is 25.3. The van der Waals surface area contributed by atoms with Crippen LogP contribution in [0.4, 0.5) is 5.69 Å². The van der Waals surface area contributed by atoms with E-state index in [-0.39, 0.29) is 23.3 Å². The number of amides is 1. The number of aryl methyl sites for hydroxylation is 2. The molecule has 0 saturated carbocycles. The van der Waals surface area contributed by atoms with Gasteiger partial charge in [0.1, 0.15) is 5.82 Å². The van der Waals surface area contributed by atoms with Crippen LogP contribution in [0.3, 0.4) is 0 Å². The summed E-state index contributed by atoms with van der Waals surface area (Å²) in [6.07, 6.45) is 4.01. The Labute approximate surface area is 205 Å². The lowest BCUT2D eigenvalue weighted by atomic mass is 10.2. The van der Waals surface area contributed by atoms with Crippen molar-refractivity contribution in [2.24, 2.45) is 7.05 Å². The van der Waals surface area contributed by atoms with Crippen molar-refractivity contribution in [2.45, 2.75) is 51.5 Å². The van der Waals surface area contributed by atoms with Crippen LogP contribution in [0.1, 0.15) is 46.0 Å². The van der Waals surface area contributed by atoms with Crippen molar-refractivity contribution in [2.75, 3.05) is 18.4 Å². The highest BCUT2D eigenvalue weighted by molar-refractivity contribution is 7.89. The quantitative estimate of drug-likeness (QED) is 0.378. The van der Waals surface area contributed by atoms with Crippen molar-refractivity contribution in [3.63, 3.8) is 0 Å². The Kier molecular flexibility index (Phi) is 6.91. The van der Waals surface area contributed by atoms with Gasteiger partial charge >= 0.3 is 0 Å². The maximum atomic E-state index is 12.9. The summed E-state index contributed by atoms with van der Waals surface area (Å²) >= 11 is 0. The number of carbonyl (C=O) groups is 1. The van der Waals surface area contributed by atoms with E-state index in [0.717, 1.165) is 16.6 Å². The Balaban J connectivity index is 1.47. The van der Waals surface area contributed by atoms with Crippen LogP contribution in [0, 0.1) is 0 Å². The fourth-order valence-electron chi connectivity index (χ4n) is 4.16. The molecule has 3 aromatic heterocycles. The normalized spacial score (nSPS) is 12.3. The molecule has 0 aliphatic rings. The molecular weight excluding hydrogens is 466 g/mol. The summed E-state index contributed by atoms with van der Waals surface area (Å²) in [4.78, 5) is 21.9. The van der Waals surface area contributed by atoms with E-state index in [4.69, 9.17) is 0 Å². The SMILES string of the molecule is CCN(CC)S(=O)(=O)c1ccc2c(c1)nc(CCC(=O)Nc1cnc3c(cnn3C(C)C)c1)n2C. The molecule has 0 bridgehead atoms. The van der Waals surface area contributed by atoms with E-state index in [9.17, 15) is 13.2 Å². The van der Waals surface area contributed by atoms with Gasteiger partial charge in [0.2, 0.25) is 15.9 Å². The number of anilines is 1. The number of hydrogen-bond donors (Lipinski definition) is 1. The van der Waals surface area contributed by atoms with E-state index >= 15 is 0 Å². The fraction of sp³-hybridized carbons (Fsp3) is 0.417. The lowest BCUT2D eigenvalue weighted by Gasteiger charge is -2.18. The first-order chi connectivity index (χ1) is 16.6. The third kappa shape index (κ3) is 4.78. The maximum absolute atomic E-state index is 12.9. The van der Waals surface area contributed by atoms with Crippen LogP contribution < -0.4 is 5.32 Å². The van der Waals surface area contributed by atoms with Gasteiger partial charge in [-0.3, -0.25) is 4.79 Å². The van der Waals surface area contributed by atoms with Crippen molar-refractivity contribution in [3.05, 3.63) is 42.5 Å². The van der Waals surface area contributed by atoms with Crippen LogP contribution in [-0.4, -0.2) is 56.0 Å². The molecule has 0 atom stereocenters. The summed E-state index contributed by atoms with van der Waals surface area (Å²) in [6, 6.07) is 7.03. The molecule has 3 heterocycles. The van der Waals surface area contributed by atoms with Crippen LogP contribution in [0.2, 0.25) is 0 Å². The average Bonchev–Trinajstić information content (AvgIpc) is 3.38. The fourth-order valence-corrected chi connectivity index (χ4v) is 5.64. The van der Waals surface area contributed by atoms with Gasteiger partial charge in [0, 0.05) is 44.4 Å². The van der Waals surface area contributed by atoms with Crippen molar-refractivity contribution in [3.8, 4) is 0 Å². The molecule has 11 heteroatoms. The minimum absolute atomic E-state index is 0.153. The minimum Gasteiger partial charge on any atom is -0.331 e. The molecule has 0 spiro atoms. The van der Waals surface area contributed by atoms with Gasteiger partial charge in [0.05, 0.1) is 34.0 Å². The van der Waals surface area contributed by atoms with Gasteiger partial charge in [-0.15, -0.1) is 0 Å². The molecule has 0 aliphatic heterocycles. The third-order valence-electron chi connectivity index (χ3n) is 6.07. The monoisotopic (exact) mass is 497 g/mol. The van der Waals surface area contributed by atoms with Crippen LogP contribution in [-0.2, 0) is 28.3 Å². The van der Waals surface area contributed by atoms with E-state index in [2.05, 4.69) is 20.4 Å². The molecule has 0 aliphatic carbocycles. The van der Waals surface area contributed by atoms with Gasteiger partial charge in [-0.2, -0.15) is 9.40 Å². The van der Waals surface area contributed by atoms with E-state index in [1.165, 1.54) is 4.31 Å². The lowest BCUT2D eigenvalue weighted by molar-refractivity contribution is -0.116. The first kappa shape index (κ1) is 24.8. The Morgan fingerprint density at radius 2 is 1.89 bits per heavy atom. The van der Waals surface area contributed by atoms with Crippen LogP contribution >= 0.6 is 0 Å². The number of benzene rings is 1. The predicted octanol–water partition coefficient (Wildman–Crippen LogP) is 3.50. The lowest BCUT2D eigenvalue weighted by Crippen LogP contribution is -2.30. The van der Waals surface area contributed by atoms with Crippen molar-refractivity contribution < 1.29 is 13.2 Å². The Hall–Kier alpha value is -3.31. The highest BCUT2D eigenvalue weighted by Gasteiger charge is 2.23. The summed E-state index contributed by atoms with van der Waals surface area (Å²) < 4.78 is 30.9. The number of nitrogens with one attached hydrogen (secondary N) is 1. The number of nitrogens with zero attached hydrogens (tertiary/aromatic N) is 6. The topological polar surface area (TPSA) is 115 Å². The average molecular weight is 498 g/mol. The first-order valence-electron chi connectivity index (χ1n) is 11.7. The molecule has 4 rings (SSSR count). The molecular formula is C24H31N7O3S. The highest BCUT2D eigenvalue weighted by Crippen LogP contribution is 2.23. The summed E-state index contributed by atoms with van der Waals surface area (Å²) in [6.45, 7) is 8.52. The molecule has 0 fully saturated rings. The number of carbonyl (C=O) groups excluding carboxylic acids is 1. The van der Waals surface area contributed by atoms with Crippen LogP contribution in [0.15, 0.2) is 41.6 Å². The molecule has 1 N–H and O–H groups in total. The van der Waals surface area contributed by atoms with Gasteiger partial charge in [0.25, 0.3) is 0 Å². The van der Waals surface area contributed by atoms with Gasteiger partial charge < -0.3 is 9.88 Å². The molecule has 1 aromatic carbocycles. The van der Waals surface area contributed by atoms with Crippen molar-refractivity contribution in [1.29, 1.82) is 0 Å². The zero-order valence-electron chi connectivity index (χ0n) is 20.7. The van der Waals surface area contributed by atoms with Gasteiger partial charge in [-0.1, -0.05) is 13.8 Å². The Morgan fingerprint density at radius 1 is 1.14 bits per heavy atom. The largest absolute Gasteiger partial charge is 0.331 e. The van der Waals surface area contributed by atoms with Gasteiger partial charge in [-0.25, -0.2) is 23.1 Å². The van der Waals surface area contributed by atoms with Gasteiger partial charge in [0.15, 0.2) is 5.65 Å². The molecule has 1 amide bonds. The molecule has 10 nitrogen and oxygen atoms in total. The summed E-state index contributed by atoms with van der Waals surface area (Å²) in [7, 11) is -1.70. The van der Waals surface area contributed by atoms with Crippen molar-refractivity contribution in [1.82, 2.24) is 28.6 Å². The molecule has 0 unspecified atom stereocenters. The summed E-state index contributed by atoms with van der Waals surface area (Å²) in [5.41, 5.74) is 2.80. The number of fused-ring (bicyclic) bond motifs is 2. The van der Waals surface area contributed by atoms with Crippen LogP contribution in [0.5, 0.6) is 0 Å². The summed E-state index contributed by atoms with van der Waals surface area (Å²) in [5.74, 6) is 0.554. The first-order valence-corrected chi connectivity index (χ1v) is 13.2. The number of rotatable bonds is 9.